The average molecular weight is 830 g/mol. The van der Waals surface area contributed by atoms with Crippen molar-refractivity contribution in [2.75, 3.05) is 18.1 Å². The number of fused-ring (bicyclic) bond motifs is 5. The second-order valence-electron chi connectivity index (χ2n) is 14.4. The minimum atomic E-state index is -1.31. The van der Waals surface area contributed by atoms with Crippen LogP contribution < -0.4 is 14.4 Å². The van der Waals surface area contributed by atoms with E-state index in [1.165, 1.54) is 57.1 Å². The molecule has 2 aliphatic rings. The molecule has 9 rings (SSSR count). The van der Waals surface area contributed by atoms with Gasteiger partial charge >= 0.3 is 11.9 Å². The molecule has 2 N–H and O–H groups in total. The van der Waals surface area contributed by atoms with Crippen LogP contribution in [0.15, 0.2) is 114 Å². The SMILES string of the molecule is CC1(C)c2ccccc2-c2ccc(N(c3ccc(-c4ccc(/C=C(\C#N)C(=O)O)s4)cc3)c3ccc4cc(-c5sc(/C=C(\C#N)C(=O)O)c6c5OCCO6)sc4c3)cc21. The van der Waals surface area contributed by atoms with E-state index < -0.39 is 11.9 Å². The predicted octanol–water partition coefficient (Wildman–Crippen LogP) is 11.9. The molecule has 0 saturated heterocycles. The summed E-state index contributed by atoms with van der Waals surface area (Å²) < 4.78 is 13.0. The molecule has 0 fully saturated rings. The zero-order valence-electron chi connectivity index (χ0n) is 31.5. The van der Waals surface area contributed by atoms with E-state index in [1.54, 1.807) is 23.5 Å². The van der Waals surface area contributed by atoms with Gasteiger partial charge in [0.05, 0.1) is 9.75 Å². The highest BCUT2D eigenvalue weighted by molar-refractivity contribution is 7.26. The first-order valence-electron chi connectivity index (χ1n) is 18.5. The molecule has 7 aromatic rings. The van der Waals surface area contributed by atoms with Crippen molar-refractivity contribution in [3.63, 3.8) is 0 Å². The molecule has 59 heavy (non-hydrogen) atoms. The van der Waals surface area contributed by atoms with Crippen molar-refractivity contribution in [3.8, 4) is 55.0 Å². The van der Waals surface area contributed by atoms with Gasteiger partial charge in [-0.2, -0.15) is 10.5 Å². The van der Waals surface area contributed by atoms with Crippen molar-refractivity contribution in [3.05, 3.63) is 135 Å². The summed E-state index contributed by atoms with van der Waals surface area (Å²) >= 11 is 4.35. The van der Waals surface area contributed by atoms with Crippen molar-refractivity contribution < 1.29 is 29.3 Å². The summed E-state index contributed by atoms with van der Waals surface area (Å²) in [5.41, 5.74) is 7.93. The molecule has 1 aliphatic heterocycles. The quantitative estimate of drug-likeness (QED) is 0.107. The lowest BCUT2D eigenvalue weighted by molar-refractivity contribution is -0.133. The molecule has 4 aromatic carbocycles. The number of nitriles is 2. The summed E-state index contributed by atoms with van der Waals surface area (Å²) in [6, 6.07) is 39.2. The Bertz CT molecular complexity index is 3030. The summed E-state index contributed by atoms with van der Waals surface area (Å²) in [5.74, 6) is -1.57. The maximum Gasteiger partial charge on any atom is 0.346 e. The first-order valence-corrected chi connectivity index (χ1v) is 20.9. The second-order valence-corrected chi connectivity index (χ2v) is 17.7. The number of hydrogen-bond donors (Lipinski definition) is 2. The van der Waals surface area contributed by atoms with Crippen molar-refractivity contribution in [1.29, 1.82) is 10.5 Å². The molecule has 0 atom stereocenters. The van der Waals surface area contributed by atoms with E-state index in [-0.39, 0.29) is 16.6 Å². The van der Waals surface area contributed by atoms with Crippen molar-refractivity contribution >= 4 is 85.2 Å². The smallest absolute Gasteiger partial charge is 0.346 e. The molecule has 0 bridgehead atoms. The average Bonchev–Trinajstić information content (AvgIpc) is 4.02. The number of ether oxygens (including phenoxy) is 2. The second kappa shape index (κ2) is 14.8. The third-order valence-electron chi connectivity index (χ3n) is 10.5. The van der Waals surface area contributed by atoms with Crippen LogP contribution in [0.5, 0.6) is 11.5 Å². The summed E-state index contributed by atoms with van der Waals surface area (Å²) in [7, 11) is 0. The van der Waals surface area contributed by atoms with Crippen LogP contribution in [0.2, 0.25) is 0 Å². The molecule has 12 heteroatoms. The van der Waals surface area contributed by atoms with E-state index >= 15 is 0 Å². The maximum absolute atomic E-state index is 11.7. The molecule has 9 nitrogen and oxygen atoms in total. The number of thiophene rings is 3. The summed E-state index contributed by atoms with van der Waals surface area (Å²) in [4.78, 5) is 29.2. The van der Waals surface area contributed by atoms with Gasteiger partial charge in [-0.15, -0.1) is 34.0 Å². The number of carboxylic acid groups (broad SMARTS) is 2. The van der Waals surface area contributed by atoms with Gasteiger partial charge in [0.1, 0.15) is 36.5 Å². The number of nitrogens with zero attached hydrogens (tertiary/aromatic N) is 3. The Hall–Kier alpha value is -6.96. The molecular weight excluding hydrogens is 799 g/mol. The molecule has 0 saturated carbocycles. The fourth-order valence-corrected chi connectivity index (χ4v) is 11.0. The summed E-state index contributed by atoms with van der Waals surface area (Å²) in [6.07, 6.45) is 2.73. The highest BCUT2D eigenvalue weighted by Gasteiger charge is 2.36. The van der Waals surface area contributed by atoms with Crippen LogP contribution in [0.1, 0.15) is 34.7 Å². The Kier molecular flexibility index (Phi) is 9.41. The third-order valence-corrected chi connectivity index (χ3v) is 14.0. The summed E-state index contributed by atoms with van der Waals surface area (Å²) in [5, 5.41) is 38.6. The Morgan fingerprint density at radius 2 is 1.36 bits per heavy atom. The van der Waals surface area contributed by atoms with E-state index in [2.05, 4.69) is 110 Å². The summed E-state index contributed by atoms with van der Waals surface area (Å²) in [6.45, 7) is 5.21. The van der Waals surface area contributed by atoms with Crippen molar-refractivity contribution in [2.24, 2.45) is 0 Å². The van der Waals surface area contributed by atoms with Gasteiger partial charge in [0.15, 0.2) is 11.5 Å². The van der Waals surface area contributed by atoms with Crippen molar-refractivity contribution in [1.82, 2.24) is 0 Å². The molecule has 3 aromatic heterocycles. The first kappa shape index (κ1) is 37.6. The largest absolute Gasteiger partial charge is 0.485 e. The number of hydrogen-bond acceptors (Lipinski definition) is 10. The van der Waals surface area contributed by atoms with Gasteiger partial charge < -0.3 is 24.6 Å². The molecule has 288 valence electrons. The minimum absolute atomic E-state index is 0.209. The number of aliphatic carboxylic acids is 2. The number of carboxylic acids is 2. The number of benzene rings is 4. The van der Waals surface area contributed by atoms with Gasteiger partial charge in [-0.05, 0) is 100.0 Å². The van der Waals surface area contributed by atoms with Crippen LogP contribution in [0.4, 0.5) is 17.1 Å². The van der Waals surface area contributed by atoms with Crippen LogP contribution in [0, 0.1) is 22.7 Å². The fraction of sp³-hybridized carbons (Fsp3) is 0.106. The Morgan fingerprint density at radius 1 is 0.695 bits per heavy atom. The van der Waals surface area contributed by atoms with Crippen LogP contribution in [-0.2, 0) is 15.0 Å². The zero-order chi connectivity index (χ0) is 41.0. The zero-order valence-corrected chi connectivity index (χ0v) is 33.9. The number of rotatable bonds is 9. The molecular formula is C47H31N3O6S3. The molecule has 4 heterocycles. The fourth-order valence-electron chi connectivity index (χ4n) is 7.70. The van der Waals surface area contributed by atoms with Gasteiger partial charge in [0.2, 0.25) is 0 Å². The lowest BCUT2D eigenvalue weighted by Crippen LogP contribution is -2.16. The Balaban J connectivity index is 1.14. The van der Waals surface area contributed by atoms with Gasteiger partial charge in [-0.3, -0.25) is 0 Å². The van der Waals surface area contributed by atoms with Gasteiger partial charge in [0, 0.05) is 41.8 Å². The van der Waals surface area contributed by atoms with Gasteiger partial charge in [0.25, 0.3) is 0 Å². The van der Waals surface area contributed by atoms with Gasteiger partial charge in [-0.1, -0.05) is 62.4 Å². The molecule has 1 aliphatic carbocycles. The van der Waals surface area contributed by atoms with Crippen LogP contribution in [-0.4, -0.2) is 35.4 Å². The van der Waals surface area contributed by atoms with E-state index in [9.17, 15) is 30.3 Å². The maximum atomic E-state index is 11.7. The van der Waals surface area contributed by atoms with Crippen LogP contribution in [0.25, 0.3) is 53.6 Å². The van der Waals surface area contributed by atoms with Crippen LogP contribution in [0.3, 0.4) is 0 Å². The van der Waals surface area contributed by atoms with Crippen LogP contribution >= 0.6 is 34.0 Å². The molecule has 0 radical (unpaired) electrons. The lowest BCUT2D eigenvalue weighted by Gasteiger charge is -2.28. The monoisotopic (exact) mass is 829 g/mol. The highest BCUT2D eigenvalue weighted by Crippen LogP contribution is 2.54. The Labute approximate surface area is 350 Å². The van der Waals surface area contributed by atoms with E-state index in [4.69, 9.17) is 9.47 Å². The highest BCUT2D eigenvalue weighted by atomic mass is 32.1. The minimum Gasteiger partial charge on any atom is -0.485 e. The van der Waals surface area contributed by atoms with E-state index in [0.29, 0.717) is 34.5 Å². The Morgan fingerprint density at radius 3 is 2.10 bits per heavy atom. The molecule has 0 spiro atoms. The first-order chi connectivity index (χ1) is 28.5. The lowest BCUT2D eigenvalue weighted by atomic mass is 9.82. The standard InChI is InChI=1S/C47H31N3O6S3/c1-47(2)36-6-4-3-5-34(36)35-15-13-31(22-37(35)47)50(30-10-7-26(8-11-30)38-16-14-33(57-38)19-28(24-48)45(51)52)32-12-9-27-20-41(58-39(27)23-32)44-43-42(55-17-18-56-43)40(59-44)21-29(25-49)46(53)54/h3-16,19-23H,17-18H2,1-2H3,(H,51,52)(H,53,54)/b28-19+,29-21+. The normalized spacial score (nSPS) is 14.0. The topological polar surface area (TPSA) is 144 Å². The predicted molar refractivity (Wildman–Crippen MR) is 234 cm³/mol. The number of anilines is 3. The molecule has 0 unspecified atom stereocenters. The third kappa shape index (κ3) is 6.63. The van der Waals surface area contributed by atoms with E-state index in [1.807, 2.05) is 12.1 Å². The van der Waals surface area contributed by atoms with E-state index in [0.717, 1.165) is 47.3 Å². The van der Waals surface area contributed by atoms with Gasteiger partial charge in [-0.25, -0.2) is 9.59 Å². The number of carbonyl (C=O) groups is 2. The van der Waals surface area contributed by atoms with Crippen molar-refractivity contribution in [2.45, 2.75) is 19.3 Å². The molecule has 0 amide bonds.